The molecule has 0 aliphatic heterocycles. The second kappa shape index (κ2) is 6.60. The number of rotatable bonds is 6. The van der Waals surface area contributed by atoms with Crippen LogP contribution in [0.15, 0.2) is 30.3 Å². The van der Waals surface area contributed by atoms with E-state index in [1.165, 1.54) is 31.2 Å². The summed E-state index contributed by atoms with van der Waals surface area (Å²) in [5.41, 5.74) is 0.884. The molecule has 18 heavy (non-hydrogen) atoms. The number of thioether (sulfide) groups is 1. The van der Waals surface area contributed by atoms with E-state index in [1.807, 2.05) is 37.0 Å². The molecule has 2 N–H and O–H groups in total. The first-order valence-electron chi connectivity index (χ1n) is 6.77. The molecule has 1 atom stereocenters. The van der Waals surface area contributed by atoms with Gasteiger partial charge in [0.2, 0.25) is 0 Å². The van der Waals surface area contributed by atoms with Gasteiger partial charge in [-0.1, -0.05) is 43.2 Å². The number of aliphatic hydroxyl groups is 1. The third-order valence-corrected chi connectivity index (χ3v) is 5.54. The summed E-state index contributed by atoms with van der Waals surface area (Å²) in [6, 6.07) is 10.3. The Kier molecular flexibility index (Phi) is 5.10. The monoisotopic (exact) mass is 265 g/mol. The molecule has 0 radical (unpaired) electrons. The van der Waals surface area contributed by atoms with Crippen LogP contribution in [-0.2, 0) is 5.54 Å². The third kappa shape index (κ3) is 3.08. The van der Waals surface area contributed by atoms with Gasteiger partial charge in [-0.05, 0) is 25.5 Å². The maximum Gasteiger partial charge on any atom is 0.0758 e. The zero-order chi connectivity index (χ0) is 12.8. The normalized spacial score (nSPS) is 19.9. The van der Waals surface area contributed by atoms with Gasteiger partial charge in [0.15, 0.2) is 0 Å². The molecule has 1 fully saturated rings. The predicted molar refractivity (Wildman–Crippen MR) is 79.0 cm³/mol. The average Bonchev–Trinajstić information content (AvgIpc) is 2.95. The number of likely N-dealkylation sites (N-methyl/N-ethyl adjacent to an activating group) is 1. The van der Waals surface area contributed by atoms with Crippen LogP contribution in [-0.4, -0.2) is 29.8 Å². The van der Waals surface area contributed by atoms with Crippen molar-refractivity contribution in [3.63, 3.8) is 0 Å². The summed E-state index contributed by atoms with van der Waals surface area (Å²) < 4.78 is 0. The SMILES string of the molecule is CNC(CO)(CSC1CCCC1)c1ccccc1. The van der Waals surface area contributed by atoms with E-state index in [9.17, 15) is 5.11 Å². The molecule has 0 bridgehead atoms. The minimum atomic E-state index is -0.297. The first kappa shape index (κ1) is 13.9. The molecule has 1 unspecified atom stereocenters. The Labute approximate surface area is 114 Å². The lowest BCUT2D eigenvalue weighted by molar-refractivity contribution is 0.187. The van der Waals surface area contributed by atoms with Crippen LogP contribution in [0.4, 0.5) is 0 Å². The summed E-state index contributed by atoms with van der Waals surface area (Å²) in [6.45, 7) is 0.146. The van der Waals surface area contributed by atoms with Gasteiger partial charge in [-0.15, -0.1) is 0 Å². The minimum Gasteiger partial charge on any atom is -0.394 e. The topological polar surface area (TPSA) is 32.3 Å². The lowest BCUT2D eigenvalue weighted by atomic mass is 9.93. The molecule has 2 nitrogen and oxygen atoms in total. The van der Waals surface area contributed by atoms with E-state index in [2.05, 4.69) is 17.4 Å². The molecule has 3 heteroatoms. The van der Waals surface area contributed by atoms with Crippen LogP contribution >= 0.6 is 11.8 Å². The molecule has 0 aromatic heterocycles. The maximum atomic E-state index is 9.83. The van der Waals surface area contributed by atoms with Crippen LogP contribution in [0.2, 0.25) is 0 Å². The average molecular weight is 265 g/mol. The molecule has 1 aromatic rings. The Balaban J connectivity index is 2.06. The van der Waals surface area contributed by atoms with Crippen molar-refractivity contribution >= 4 is 11.8 Å². The number of benzene rings is 1. The summed E-state index contributed by atoms with van der Waals surface area (Å²) >= 11 is 2.01. The van der Waals surface area contributed by atoms with Crippen molar-refractivity contribution < 1.29 is 5.11 Å². The third-order valence-electron chi connectivity index (χ3n) is 3.94. The Morgan fingerprint density at radius 3 is 2.50 bits per heavy atom. The maximum absolute atomic E-state index is 9.83. The van der Waals surface area contributed by atoms with Crippen molar-refractivity contribution in [1.29, 1.82) is 0 Å². The molecule has 0 saturated heterocycles. The highest BCUT2D eigenvalue weighted by atomic mass is 32.2. The smallest absolute Gasteiger partial charge is 0.0758 e. The summed E-state index contributed by atoms with van der Waals surface area (Å²) in [5, 5.41) is 13.9. The molecule has 0 heterocycles. The van der Waals surface area contributed by atoms with Crippen LogP contribution in [0.5, 0.6) is 0 Å². The van der Waals surface area contributed by atoms with Gasteiger partial charge in [-0.3, -0.25) is 0 Å². The fourth-order valence-electron chi connectivity index (χ4n) is 2.59. The molecular weight excluding hydrogens is 242 g/mol. The molecule has 1 aromatic carbocycles. The number of hydrogen-bond donors (Lipinski definition) is 2. The van der Waals surface area contributed by atoms with Gasteiger partial charge < -0.3 is 10.4 Å². The lowest BCUT2D eigenvalue weighted by Crippen LogP contribution is -2.46. The van der Waals surface area contributed by atoms with Gasteiger partial charge in [-0.25, -0.2) is 0 Å². The molecule has 2 rings (SSSR count). The Morgan fingerprint density at radius 1 is 1.28 bits per heavy atom. The Morgan fingerprint density at radius 2 is 1.94 bits per heavy atom. The van der Waals surface area contributed by atoms with Crippen LogP contribution in [0.3, 0.4) is 0 Å². The van der Waals surface area contributed by atoms with Gasteiger partial charge in [0, 0.05) is 11.0 Å². The molecule has 100 valence electrons. The van der Waals surface area contributed by atoms with E-state index in [0.29, 0.717) is 0 Å². The van der Waals surface area contributed by atoms with E-state index >= 15 is 0 Å². The molecule has 1 aliphatic rings. The highest BCUT2D eigenvalue weighted by molar-refractivity contribution is 7.99. The van der Waals surface area contributed by atoms with Crippen molar-refractivity contribution in [3.05, 3.63) is 35.9 Å². The largest absolute Gasteiger partial charge is 0.394 e. The van der Waals surface area contributed by atoms with Crippen molar-refractivity contribution in [2.24, 2.45) is 0 Å². The highest BCUT2D eigenvalue weighted by Gasteiger charge is 2.31. The van der Waals surface area contributed by atoms with Crippen LogP contribution < -0.4 is 5.32 Å². The Bertz CT molecular complexity index is 345. The summed E-state index contributed by atoms with van der Waals surface area (Å²) in [5.74, 6) is 0.939. The van der Waals surface area contributed by atoms with E-state index < -0.39 is 0 Å². The second-order valence-corrected chi connectivity index (χ2v) is 6.36. The number of hydrogen-bond acceptors (Lipinski definition) is 3. The number of aliphatic hydroxyl groups excluding tert-OH is 1. The van der Waals surface area contributed by atoms with Crippen molar-refractivity contribution in [2.45, 2.75) is 36.5 Å². The first-order valence-corrected chi connectivity index (χ1v) is 7.82. The zero-order valence-corrected chi connectivity index (χ0v) is 11.9. The minimum absolute atomic E-state index is 0.146. The predicted octanol–water partition coefficient (Wildman–Crippen LogP) is 2.77. The highest BCUT2D eigenvalue weighted by Crippen LogP contribution is 2.34. The number of nitrogens with one attached hydrogen (secondary N) is 1. The Hall–Kier alpha value is -0.510. The molecule has 1 saturated carbocycles. The van der Waals surface area contributed by atoms with Crippen molar-refractivity contribution in [1.82, 2.24) is 5.32 Å². The van der Waals surface area contributed by atoms with Crippen molar-refractivity contribution in [3.8, 4) is 0 Å². The summed E-state index contributed by atoms with van der Waals surface area (Å²) in [4.78, 5) is 0. The van der Waals surface area contributed by atoms with Gasteiger partial charge in [0.1, 0.15) is 0 Å². The zero-order valence-electron chi connectivity index (χ0n) is 11.1. The van der Waals surface area contributed by atoms with Crippen LogP contribution in [0.25, 0.3) is 0 Å². The first-order chi connectivity index (χ1) is 8.80. The standard InChI is InChI=1S/C15H23NOS/c1-16-15(11-17,13-7-3-2-4-8-13)12-18-14-9-5-6-10-14/h2-4,7-8,14,16-17H,5-6,9-12H2,1H3. The van der Waals surface area contributed by atoms with E-state index in [1.54, 1.807) is 0 Å². The molecule has 0 spiro atoms. The molecular formula is C15H23NOS. The van der Waals surface area contributed by atoms with Crippen LogP contribution in [0, 0.1) is 0 Å². The van der Waals surface area contributed by atoms with Gasteiger partial charge in [0.25, 0.3) is 0 Å². The quantitative estimate of drug-likeness (QED) is 0.829. The van der Waals surface area contributed by atoms with E-state index in [-0.39, 0.29) is 12.1 Å². The lowest BCUT2D eigenvalue weighted by Gasteiger charge is -2.33. The van der Waals surface area contributed by atoms with Gasteiger partial charge in [-0.2, -0.15) is 11.8 Å². The summed E-state index contributed by atoms with van der Waals surface area (Å²) in [7, 11) is 1.94. The van der Waals surface area contributed by atoms with Crippen molar-refractivity contribution in [2.75, 3.05) is 19.4 Å². The van der Waals surface area contributed by atoms with Crippen LogP contribution in [0.1, 0.15) is 31.2 Å². The van der Waals surface area contributed by atoms with Gasteiger partial charge in [0.05, 0.1) is 12.1 Å². The fraction of sp³-hybridized carbons (Fsp3) is 0.600. The van der Waals surface area contributed by atoms with E-state index in [0.717, 1.165) is 11.0 Å². The second-order valence-electron chi connectivity index (χ2n) is 5.07. The van der Waals surface area contributed by atoms with E-state index in [4.69, 9.17) is 0 Å². The fourth-order valence-corrected chi connectivity index (χ4v) is 4.18. The molecule has 0 amide bonds. The molecule has 1 aliphatic carbocycles. The van der Waals surface area contributed by atoms with Gasteiger partial charge >= 0.3 is 0 Å². The summed E-state index contributed by atoms with van der Waals surface area (Å²) in [6.07, 6.45) is 5.42.